The Kier molecular flexibility index (Phi) is 6.77. The molecule has 0 aliphatic carbocycles. The van der Waals surface area contributed by atoms with Crippen molar-refractivity contribution in [1.29, 1.82) is 0 Å². The molecule has 0 aromatic heterocycles. The summed E-state index contributed by atoms with van der Waals surface area (Å²) < 4.78 is 32.0. The van der Waals surface area contributed by atoms with Gasteiger partial charge in [-0.15, -0.1) is 0 Å². The maximum Gasteiger partial charge on any atom is 0.193 e. The van der Waals surface area contributed by atoms with Crippen molar-refractivity contribution < 1.29 is 13.5 Å². The fraction of sp³-hybridized carbons (Fsp3) is 0.588. The highest BCUT2D eigenvalue weighted by Gasteiger charge is 2.24. The van der Waals surface area contributed by atoms with E-state index in [0.29, 0.717) is 24.4 Å². The number of benzene rings is 1. The van der Waals surface area contributed by atoms with Crippen LogP contribution in [-0.2, 0) is 11.2 Å². The molecule has 0 radical (unpaired) electrons. The van der Waals surface area contributed by atoms with Crippen LogP contribution in [0, 0.1) is 17.6 Å². The van der Waals surface area contributed by atoms with Crippen LogP contribution >= 0.6 is 0 Å². The zero-order valence-electron chi connectivity index (χ0n) is 13.8. The van der Waals surface area contributed by atoms with Gasteiger partial charge < -0.3 is 15.0 Å². The number of halogens is 2. The predicted molar refractivity (Wildman–Crippen MR) is 87.6 cm³/mol. The van der Waals surface area contributed by atoms with E-state index in [2.05, 4.69) is 15.2 Å². The maximum absolute atomic E-state index is 13.6. The predicted octanol–water partition coefficient (Wildman–Crippen LogP) is 2.44. The molecule has 1 N–H and O–H groups in total. The lowest BCUT2D eigenvalue weighted by molar-refractivity contribution is 0.157. The summed E-state index contributed by atoms with van der Waals surface area (Å²) in [4.78, 5) is 6.76. The summed E-state index contributed by atoms with van der Waals surface area (Å²) in [5, 5.41) is 3.27. The minimum Gasteiger partial charge on any atom is -0.384 e. The Morgan fingerprint density at radius 2 is 2.26 bits per heavy atom. The lowest BCUT2D eigenvalue weighted by atomic mass is 10.1. The van der Waals surface area contributed by atoms with Crippen molar-refractivity contribution in [3.05, 3.63) is 35.4 Å². The largest absolute Gasteiger partial charge is 0.384 e. The van der Waals surface area contributed by atoms with Crippen LogP contribution in [0.4, 0.5) is 8.78 Å². The second-order valence-electron chi connectivity index (χ2n) is 5.78. The van der Waals surface area contributed by atoms with Gasteiger partial charge in [-0.05, 0) is 43.5 Å². The van der Waals surface area contributed by atoms with Gasteiger partial charge >= 0.3 is 0 Å². The number of hydrogen-bond donors (Lipinski definition) is 1. The zero-order valence-corrected chi connectivity index (χ0v) is 13.8. The number of likely N-dealkylation sites (tertiary alicyclic amines) is 1. The van der Waals surface area contributed by atoms with E-state index in [0.717, 1.165) is 50.8 Å². The second-order valence-corrected chi connectivity index (χ2v) is 5.78. The lowest BCUT2D eigenvalue weighted by Gasteiger charge is -2.21. The summed E-state index contributed by atoms with van der Waals surface area (Å²) in [7, 11) is 1.72. The molecule has 1 heterocycles. The van der Waals surface area contributed by atoms with Gasteiger partial charge in [-0.3, -0.25) is 4.99 Å². The number of nitrogens with one attached hydrogen (secondary N) is 1. The van der Waals surface area contributed by atoms with Gasteiger partial charge in [-0.2, -0.15) is 0 Å². The van der Waals surface area contributed by atoms with Crippen LogP contribution in [0.2, 0.25) is 0 Å². The van der Waals surface area contributed by atoms with Gasteiger partial charge in [0.25, 0.3) is 0 Å². The Labute approximate surface area is 136 Å². The zero-order chi connectivity index (χ0) is 16.7. The number of ether oxygens (including phenoxy) is 1. The first kappa shape index (κ1) is 17.7. The number of hydrogen-bond acceptors (Lipinski definition) is 2. The number of rotatable bonds is 6. The van der Waals surface area contributed by atoms with Gasteiger partial charge in [0, 0.05) is 39.2 Å². The van der Waals surface area contributed by atoms with Crippen LogP contribution in [0.1, 0.15) is 18.9 Å². The molecule has 1 aliphatic rings. The van der Waals surface area contributed by atoms with Gasteiger partial charge in [0.2, 0.25) is 0 Å². The molecule has 0 bridgehead atoms. The molecule has 6 heteroatoms. The molecular weight excluding hydrogens is 300 g/mol. The number of nitrogens with zero attached hydrogens (tertiary/aromatic N) is 2. The van der Waals surface area contributed by atoms with E-state index >= 15 is 0 Å². The molecule has 1 saturated heterocycles. The van der Waals surface area contributed by atoms with Gasteiger partial charge in [0.1, 0.15) is 11.6 Å². The molecule has 1 fully saturated rings. The topological polar surface area (TPSA) is 36.9 Å². The first-order chi connectivity index (χ1) is 11.1. The fourth-order valence-corrected chi connectivity index (χ4v) is 2.84. The number of guanidine groups is 1. The molecule has 23 heavy (non-hydrogen) atoms. The monoisotopic (exact) mass is 325 g/mol. The maximum atomic E-state index is 13.6. The summed E-state index contributed by atoms with van der Waals surface area (Å²) in [6, 6.07) is 3.53. The van der Waals surface area contributed by atoms with E-state index < -0.39 is 5.82 Å². The third-order valence-corrected chi connectivity index (χ3v) is 3.97. The van der Waals surface area contributed by atoms with Gasteiger partial charge in [0.05, 0.1) is 6.61 Å². The Morgan fingerprint density at radius 3 is 3.00 bits per heavy atom. The standard InChI is InChI=1S/C17H25F2N3O/c1-3-20-17(22-9-7-13(11-22)12-23-2)21-8-6-14-10-15(18)4-5-16(14)19/h4-5,10,13H,3,6-9,11-12H2,1-2H3,(H,20,21). The normalized spacial score (nSPS) is 18.5. The molecule has 4 nitrogen and oxygen atoms in total. The number of methoxy groups -OCH3 is 1. The van der Waals surface area contributed by atoms with Crippen molar-refractivity contribution in [2.75, 3.05) is 39.9 Å². The molecule has 1 unspecified atom stereocenters. The molecule has 0 saturated carbocycles. The average molecular weight is 325 g/mol. The molecule has 1 aromatic rings. The Balaban J connectivity index is 1.95. The quantitative estimate of drug-likeness (QED) is 0.645. The Hall–Kier alpha value is -1.69. The Bertz CT molecular complexity index is 537. The molecule has 2 rings (SSSR count). The van der Waals surface area contributed by atoms with Gasteiger partial charge in [-0.25, -0.2) is 8.78 Å². The summed E-state index contributed by atoms with van der Waals surface area (Å²) >= 11 is 0. The fourth-order valence-electron chi connectivity index (χ4n) is 2.84. The highest BCUT2D eigenvalue weighted by molar-refractivity contribution is 5.80. The van der Waals surface area contributed by atoms with E-state index in [-0.39, 0.29) is 5.82 Å². The minimum absolute atomic E-state index is 0.364. The van der Waals surface area contributed by atoms with Crippen LogP contribution in [0.15, 0.2) is 23.2 Å². The highest BCUT2D eigenvalue weighted by Crippen LogP contribution is 2.16. The van der Waals surface area contributed by atoms with Crippen molar-refractivity contribution in [3.8, 4) is 0 Å². The molecule has 0 spiro atoms. The Morgan fingerprint density at radius 1 is 1.43 bits per heavy atom. The second kappa shape index (κ2) is 8.82. The van der Waals surface area contributed by atoms with Crippen molar-refractivity contribution >= 4 is 5.96 Å². The third-order valence-electron chi connectivity index (χ3n) is 3.97. The molecule has 128 valence electrons. The van der Waals surface area contributed by atoms with Crippen LogP contribution < -0.4 is 5.32 Å². The summed E-state index contributed by atoms with van der Waals surface area (Å²) in [6.45, 7) is 5.82. The molecule has 1 atom stereocenters. The van der Waals surface area contributed by atoms with Crippen molar-refractivity contribution in [2.45, 2.75) is 19.8 Å². The van der Waals surface area contributed by atoms with Gasteiger partial charge in [-0.1, -0.05) is 0 Å². The van der Waals surface area contributed by atoms with Crippen LogP contribution in [0.3, 0.4) is 0 Å². The summed E-state index contributed by atoms with van der Waals surface area (Å²) in [6.07, 6.45) is 1.46. The van der Waals surface area contributed by atoms with Crippen LogP contribution in [0.5, 0.6) is 0 Å². The third kappa shape index (κ3) is 5.16. The number of aliphatic imine (C=N–C) groups is 1. The van der Waals surface area contributed by atoms with E-state index in [1.807, 2.05) is 6.92 Å². The highest BCUT2D eigenvalue weighted by atomic mass is 19.1. The molecule has 0 amide bonds. The van der Waals surface area contributed by atoms with E-state index in [1.165, 1.54) is 6.07 Å². The first-order valence-electron chi connectivity index (χ1n) is 8.10. The van der Waals surface area contributed by atoms with Crippen LogP contribution in [-0.4, -0.2) is 50.8 Å². The van der Waals surface area contributed by atoms with E-state index in [9.17, 15) is 8.78 Å². The molecule has 1 aliphatic heterocycles. The van der Waals surface area contributed by atoms with Crippen molar-refractivity contribution in [1.82, 2.24) is 10.2 Å². The summed E-state index contributed by atoms with van der Waals surface area (Å²) in [5.41, 5.74) is 0.364. The lowest BCUT2D eigenvalue weighted by Crippen LogP contribution is -2.40. The molecule has 1 aromatic carbocycles. The smallest absolute Gasteiger partial charge is 0.193 e. The van der Waals surface area contributed by atoms with Gasteiger partial charge in [0.15, 0.2) is 5.96 Å². The minimum atomic E-state index is -0.417. The average Bonchev–Trinajstić information content (AvgIpc) is 2.99. The SMILES string of the molecule is CCNC(=NCCc1cc(F)ccc1F)N1CCC(COC)C1. The first-order valence-corrected chi connectivity index (χ1v) is 8.10. The molecular formula is C17H25F2N3O. The van der Waals surface area contributed by atoms with E-state index in [1.54, 1.807) is 7.11 Å². The van der Waals surface area contributed by atoms with E-state index in [4.69, 9.17) is 4.74 Å². The van der Waals surface area contributed by atoms with Crippen LogP contribution in [0.25, 0.3) is 0 Å². The van der Waals surface area contributed by atoms with Crippen molar-refractivity contribution in [2.24, 2.45) is 10.9 Å². The summed E-state index contributed by atoms with van der Waals surface area (Å²) in [5.74, 6) is 0.555. The van der Waals surface area contributed by atoms with Crippen molar-refractivity contribution in [3.63, 3.8) is 0 Å².